The number of aryl methyl sites for hydroxylation is 1. The number of anilines is 1. The van der Waals surface area contributed by atoms with Crippen molar-refractivity contribution in [2.24, 2.45) is 7.05 Å². The summed E-state index contributed by atoms with van der Waals surface area (Å²) < 4.78 is 28.3. The highest BCUT2D eigenvalue weighted by atomic mass is 19.1. The Morgan fingerprint density at radius 2 is 1.91 bits per heavy atom. The number of hydrogen-bond acceptors (Lipinski definition) is 3. The molecule has 3 N–H and O–H groups in total. The van der Waals surface area contributed by atoms with Gasteiger partial charge in [-0.3, -0.25) is 4.79 Å². The standard InChI is InChI=1S/C15H15F2N3O3/c1-20-7-3-6-11(14(20)22)19-15(23)18-8-12(21)13-9(16)4-2-5-10(13)17/h2-7,12,21H,8H2,1H3,(H2,18,19,23). The molecule has 1 aromatic heterocycles. The van der Waals surface area contributed by atoms with Gasteiger partial charge in [0.2, 0.25) is 0 Å². The molecule has 1 atom stereocenters. The molecule has 1 aromatic carbocycles. The summed E-state index contributed by atoms with van der Waals surface area (Å²) in [7, 11) is 1.52. The Bertz CT molecular complexity index is 757. The van der Waals surface area contributed by atoms with Gasteiger partial charge in [-0.15, -0.1) is 0 Å². The molecular weight excluding hydrogens is 308 g/mol. The lowest BCUT2D eigenvalue weighted by Crippen LogP contribution is -2.35. The van der Waals surface area contributed by atoms with Gasteiger partial charge in [-0.25, -0.2) is 13.6 Å². The minimum atomic E-state index is -1.56. The fraction of sp³-hybridized carbons (Fsp3) is 0.200. The minimum absolute atomic E-state index is 0.0408. The summed E-state index contributed by atoms with van der Waals surface area (Å²) in [6.07, 6.45) is -0.0311. The molecule has 2 aromatic rings. The number of nitrogens with zero attached hydrogens (tertiary/aromatic N) is 1. The van der Waals surface area contributed by atoms with E-state index in [1.807, 2.05) is 0 Å². The maximum atomic E-state index is 13.5. The zero-order valence-corrected chi connectivity index (χ0v) is 12.2. The molecule has 0 spiro atoms. The van der Waals surface area contributed by atoms with Gasteiger partial charge in [0.25, 0.3) is 5.56 Å². The summed E-state index contributed by atoms with van der Waals surface area (Å²) in [5.74, 6) is -1.81. The Labute approximate surface area is 130 Å². The zero-order chi connectivity index (χ0) is 17.0. The SMILES string of the molecule is Cn1cccc(NC(=O)NCC(O)c2c(F)cccc2F)c1=O. The number of amides is 2. The molecule has 0 aliphatic heterocycles. The van der Waals surface area contributed by atoms with E-state index in [9.17, 15) is 23.5 Å². The van der Waals surface area contributed by atoms with E-state index in [0.29, 0.717) is 0 Å². The molecule has 8 heteroatoms. The number of urea groups is 1. The first kappa shape index (κ1) is 16.6. The highest BCUT2D eigenvalue weighted by Crippen LogP contribution is 2.19. The number of carbonyl (C=O) groups excluding carboxylic acids is 1. The van der Waals surface area contributed by atoms with Gasteiger partial charge in [0.1, 0.15) is 23.4 Å². The Balaban J connectivity index is 1.99. The van der Waals surface area contributed by atoms with Crippen LogP contribution in [0.5, 0.6) is 0 Å². The van der Waals surface area contributed by atoms with Gasteiger partial charge in [0, 0.05) is 19.8 Å². The van der Waals surface area contributed by atoms with Crippen molar-refractivity contribution in [3.63, 3.8) is 0 Å². The number of hydrogen-bond donors (Lipinski definition) is 3. The van der Waals surface area contributed by atoms with Crippen molar-refractivity contribution >= 4 is 11.7 Å². The summed E-state index contributed by atoms with van der Waals surface area (Å²) in [6.45, 7) is -0.420. The largest absolute Gasteiger partial charge is 0.386 e. The first-order valence-electron chi connectivity index (χ1n) is 6.72. The third-order valence-electron chi connectivity index (χ3n) is 3.16. The highest BCUT2D eigenvalue weighted by molar-refractivity contribution is 5.88. The summed E-state index contributed by atoms with van der Waals surface area (Å²) in [4.78, 5) is 23.4. The predicted molar refractivity (Wildman–Crippen MR) is 80.0 cm³/mol. The van der Waals surface area contributed by atoms with Gasteiger partial charge in [-0.05, 0) is 24.3 Å². The molecule has 1 heterocycles. The number of halogens is 2. The highest BCUT2D eigenvalue weighted by Gasteiger charge is 2.18. The number of nitrogens with one attached hydrogen (secondary N) is 2. The average molecular weight is 323 g/mol. The third kappa shape index (κ3) is 3.92. The maximum absolute atomic E-state index is 13.5. The van der Waals surface area contributed by atoms with Crippen LogP contribution < -0.4 is 16.2 Å². The van der Waals surface area contributed by atoms with E-state index in [1.165, 1.54) is 29.9 Å². The van der Waals surface area contributed by atoms with Crippen LogP contribution in [0.15, 0.2) is 41.3 Å². The molecule has 122 valence electrons. The van der Waals surface area contributed by atoms with Crippen LogP contribution in [0.2, 0.25) is 0 Å². The molecule has 0 fully saturated rings. The van der Waals surface area contributed by atoms with E-state index in [1.54, 1.807) is 6.07 Å². The summed E-state index contributed by atoms with van der Waals surface area (Å²) in [5, 5.41) is 14.4. The number of aliphatic hydroxyl groups is 1. The molecule has 2 rings (SSSR count). The van der Waals surface area contributed by atoms with Crippen LogP contribution in [0.4, 0.5) is 19.3 Å². The normalized spacial score (nSPS) is 11.8. The fourth-order valence-corrected chi connectivity index (χ4v) is 1.98. The molecular formula is C15H15F2N3O3. The first-order valence-corrected chi connectivity index (χ1v) is 6.72. The Morgan fingerprint density at radius 1 is 1.26 bits per heavy atom. The van der Waals surface area contributed by atoms with Crippen LogP contribution in [-0.4, -0.2) is 22.2 Å². The third-order valence-corrected chi connectivity index (χ3v) is 3.16. The lowest BCUT2D eigenvalue weighted by Gasteiger charge is -2.14. The number of carbonyl (C=O) groups is 1. The zero-order valence-electron chi connectivity index (χ0n) is 12.2. The van der Waals surface area contributed by atoms with Crippen molar-refractivity contribution < 1.29 is 18.7 Å². The lowest BCUT2D eigenvalue weighted by molar-refractivity contribution is 0.166. The molecule has 0 aliphatic carbocycles. The average Bonchev–Trinajstić information content (AvgIpc) is 2.49. The molecule has 0 aliphatic rings. The van der Waals surface area contributed by atoms with Gasteiger partial charge in [-0.2, -0.15) is 0 Å². The second-order valence-corrected chi connectivity index (χ2v) is 4.82. The molecule has 0 saturated heterocycles. The van der Waals surface area contributed by atoms with Crippen molar-refractivity contribution in [1.82, 2.24) is 9.88 Å². The Hall–Kier alpha value is -2.74. The quantitative estimate of drug-likeness (QED) is 0.798. The maximum Gasteiger partial charge on any atom is 0.319 e. The van der Waals surface area contributed by atoms with Gasteiger partial charge in [0.05, 0.1) is 5.56 Å². The number of aliphatic hydroxyl groups excluding tert-OH is 1. The molecule has 0 saturated carbocycles. The van der Waals surface area contributed by atoms with E-state index < -0.39 is 41.4 Å². The molecule has 0 bridgehead atoms. The summed E-state index contributed by atoms with van der Waals surface area (Å²) >= 11 is 0. The number of benzene rings is 1. The summed E-state index contributed by atoms with van der Waals surface area (Å²) in [5.41, 5.74) is -0.897. The smallest absolute Gasteiger partial charge is 0.319 e. The predicted octanol–water partition coefficient (Wildman–Crippen LogP) is 1.52. The van der Waals surface area contributed by atoms with Gasteiger partial charge < -0.3 is 20.3 Å². The molecule has 23 heavy (non-hydrogen) atoms. The van der Waals surface area contributed by atoms with Gasteiger partial charge in [-0.1, -0.05) is 6.07 Å². The minimum Gasteiger partial charge on any atom is -0.386 e. The molecule has 0 radical (unpaired) electrons. The number of aromatic nitrogens is 1. The van der Waals surface area contributed by atoms with Crippen LogP contribution in [0.25, 0.3) is 0 Å². The van der Waals surface area contributed by atoms with E-state index in [0.717, 1.165) is 12.1 Å². The Morgan fingerprint density at radius 3 is 2.57 bits per heavy atom. The van der Waals surface area contributed by atoms with E-state index in [4.69, 9.17) is 0 Å². The first-order chi connectivity index (χ1) is 10.9. The second kappa shape index (κ2) is 7.01. The van der Waals surface area contributed by atoms with Crippen LogP contribution in [0.1, 0.15) is 11.7 Å². The fourth-order valence-electron chi connectivity index (χ4n) is 1.98. The van der Waals surface area contributed by atoms with E-state index >= 15 is 0 Å². The van der Waals surface area contributed by atoms with Gasteiger partial charge >= 0.3 is 6.03 Å². The number of rotatable bonds is 4. The van der Waals surface area contributed by atoms with Crippen LogP contribution >= 0.6 is 0 Å². The van der Waals surface area contributed by atoms with E-state index in [2.05, 4.69) is 10.6 Å². The van der Waals surface area contributed by atoms with Crippen molar-refractivity contribution in [2.45, 2.75) is 6.10 Å². The van der Waals surface area contributed by atoms with Crippen LogP contribution in [0.3, 0.4) is 0 Å². The van der Waals surface area contributed by atoms with Crippen LogP contribution in [0, 0.1) is 11.6 Å². The summed E-state index contributed by atoms with van der Waals surface area (Å²) in [6, 6.07) is 5.40. The topological polar surface area (TPSA) is 83.4 Å². The second-order valence-electron chi connectivity index (χ2n) is 4.82. The lowest BCUT2D eigenvalue weighted by atomic mass is 10.1. The molecule has 1 unspecified atom stereocenters. The van der Waals surface area contributed by atoms with E-state index in [-0.39, 0.29) is 5.69 Å². The molecule has 6 nitrogen and oxygen atoms in total. The van der Waals surface area contributed by atoms with Crippen molar-refractivity contribution in [1.29, 1.82) is 0 Å². The monoisotopic (exact) mass is 323 g/mol. The molecule has 2 amide bonds. The van der Waals surface area contributed by atoms with Gasteiger partial charge in [0.15, 0.2) is 0 Å². The van der Waals surface area contributed by atoms with Crippen molar-refractivity contribution in [2.75, 3.05) is 11.9 Å². The van der Waals surface area contributed by atoms with Crippen molar-refractivity contribution in [3.05, 3.63) is 64.1 Å². The van der Waals surface area contributed by atoms with Crippen LogP contribution in [-0.2, 0) is 7.05 Å². The van der Waals surface area contributed by atoms with Crippen molar-refractivity contribution in [3.8, 4) is 0 Å². The number of pyridine rings is 1. The Kier molecular flexibility index (Phi) is 5.07.